The van der Waals surface area contributed by atoms with Crippen LogP contribution < -0.4 is 14.4 Å². The van der Waals surface area contributed by atoms with E-state index in [1.54, 1.807) is 26.2 Å². The first-order valence-electron chi connectivity index (χ1n) is 19.0. The molecule has 10 heteroatoms. The van der Waals surface area contributed by atoms with Crippen molar-refractivity contribution in [2.75, 3.05) is 65.6 Å². The quantitative estimate of drug-likeness (QED) is 0.152. The van der Waals surface area contributed by atoms with Crippen LogP contribution in [0.4, 0.5) is 10.5 Å². The lowest BCUT2D eigenvalue weighted by atomic mass is 9.79. The van der Waals surface area contributed by atoms with Gasteiger partial charge in [0.15, 0.2) is 0 Å². The summed E-state index contributed by atoms with van der Waals surface area (Å²) in [5.74, 6) is 1.30. The minimum atomic E-state index is -0.631. The highest BCUT2D eigenvalue weighted by atomic mass is 16.6. The van der Waals surface area contributed by atoms with Gasteiger partial charge in [0.2, 0.25) is 5.91 Å². The molecule has 0 radical (unpaired) electrons. The summed E-state index contributed by atoms with van der Waals surface area (Å²) in [4.78, 5) is 35.1. The molecule has 7 rings (SSSR count). The molecule has 2 fully saturated rings. The molecule has 3 atom stereocenters. The first kappa shape index (κ1) is 36.6. The summed E-state index contributed by atoms with van der Waals surface area (Å²) >= 11 is 0. The van der Waals surface area contributed by atoms with Crippen LogP contribution in [0.25, 0.3) is 10.9 Å². The number of carbonyl (C=O) groups excluding carboxylic acids is 2. The van der Waals surface area contributed by atoms with E-state index in [9.17, 15) is 4.79 Å². The Balaban J connectivity index is 1.23. The Hall–Kier alpha value is -4.70. The van der Waals surface area contributed by atoms with Gasteiger partial charge in [-0.15, -0.1) is 0 Å². The SMILES string of the molecule is COCCN1CC(CN(C(=O)[C@H]2CN(C(=O)OC(C)(C)C)CC[C@@H]2c2cn(Cc3cc(OC)cc(OC)c3)c3ccccc23)C2CC2)c2ccccc21. The van der Waals surface area contributed by atoms with Crippen LogP contribution >= 0.6 is 0 Å². The third kappa shape index (κ3) is 7.98. The molecule has 1 aromatic heterocycles. The number of methoxy groups -OCH3 is 3. The summed E-state index contributed by atoms with van der Waals surface area (Å²) in [6.07, 6.45) is 4.53. The van der Waals surface area contributed by atoms with E-state index in [1.165, 1.54) is 11.3 Å². The lowest BCUT2D eigenvalue weighted by Gasteiger charge is -2.41. The second-order valence-electron chi connectivity index (χ2n) is 15.8. The van der Waals surface area contributed by atoms with E-state index in [0.717, 1.165) is 59.5 Å². The Kier molecular flexibility index (Phi) is 10.6. The maximum absolute atomic E-state index is 15.2. The summed E-state index contributed by atoms with van der Waals surface area (Å²) in [5, 5.41) is 1.13. The number of carbonyl (C=O) groups is 2. The van der Waals surface area contributed by atoms with Crippen molar-refractivity contribution in [2.24, 2.45) is 5.92 Å². The second-order valence-corrected chi connectivity index (χ2v) is 15.8. The number of fused-ring (bicyclic) bond motifs is 2. The zero-order chi connectivity index (χ0) is 37.3. The van der Waals surface area contributed by atoms with Crippen LogP contribution in [0, 0.1) is 5.92 Å². The highest BCUT2D eigenvalue weighted by Gasteiger charge is 2.45. The zero-order valence-corrected chi connectivity index (χ0v) is 32.0. The molecule has 1 unspecified atom stereocenters. The molecular weight excluding hydrogens is 668 g/mol. The molecule has 0 bridgehead atoms. The van der Waals surface area contributed by atoms with Crippen molar-refractivity contribution in [2.45, 2.75) is 70.1 Å². The van der Waals surface area contributed by atoms with Crippen LogP contribution in [0.5, 0.6) is 11.5 Å². The molecule has 4 aromatic rings. The van der Waals surface area contributed by atoms with E-state index in [-0.39, 0.29) is 29.9 Å². The van der Waals surface area contributed by atoms with Crippen LogP contribution in [0.1, 0.15) is 68.6 Å². The fraction of sp³-hybridized carbons (Fsp3) is 0.488. The van der Waals surface area contributed by atoms with Crippen molar-refractivity contribution < 1.29 is 28.5 Å². The molecule has 2 amide bonds. The number of anilines is 1. The van der Waals surface area contributed by atoms with Crippen LogP contribution in [-0.4, -0.2) is 98.7 Å². The number of likely N-dealkylation sites (tertiary alicyclic amines) is 1. The van der Waals surface area contributed by atoms with Gasteiger partial charge in [-0.05, 0) is 81.0 Å². The Morgan fingerprint density at radius 1 is 0.868 bits per heavy atom. The third-order valence-corrected chi connectivity index (χ3v) is 11.0. The Bertz CT molecular complexity index is 1910. The summed E-state index contributed by atoms with van der Waals surface area (Å²) in [5.41, 5.74) is 5.18. The standard InChI is InChI=1S/C43H54N4O6/c1-43(2,3)53-42(49)45-18-17-35(37-27-46(40-14-10-8-12-36(37)40)24-29-21-32(51-5)23-33(22-29)52-6)38(28-45)41(48)47(31-15-16-31)26-30-25-44(19-20-50-4)39-13-9-7-11-34(30)39/h7-14,21-23,27,30-31,35,38H,15-20,24-26,28H2,1-6H3/t30?,35-,38+/m1/s1. The van der Waals surface area contributed by atoms with Crippen LogP contribution in [0.2, 0.25) is 0 Å². The van der Waals surface area contributed by atoms with Gasteiger partial charge < -0.3 is 38.2 Å². The van der Waals surface area contributed by atoms with E-state index < -0.39 is 11.5 Å². The molecule has 3 aromatic carbocycles. The first-order valence-corrected chi connectivity index (χ1v) is 19.0. The minimum absolute atomic E-state index is 0.0810. The number of benzene rings is 3. The minimum Gasteiger partial charge on any atom is -0.497 e. The Labute approximate surface area is 313 Å². The molecule has 10 nitrogen and oxygen atoms in total. The molecule has 0 spiro atoms. The molecule has 0 N–H and O–H groups in total. The van der Waals surface area contributed by atoms with Gasteiger partial charge in [0.05, 0.1) is 26.7 Å². The van der Waals surface area contributed by atoms with Gasteiger partial charge in [0.1, 0.15) is 17.1 Å². The van der Waals surface area contributed by atoms with Gasteiger partial charge in [-0.2, -0.15) is 0 Å². The van der Waals surface area contributed by atoms with Gasteiger partial charge >= 0.3 is 6.09 Å². The van der Waals surface area contributed by atoms with Crippen molar-refractivity contribution in [1.29, 1.82) is 0 Å². The molecule has 1 aliphatic carbocycles. The highest BCUT2D eigenvalue weighted by molar-refractivity contribution is 5.87. The largest absolute Gasteiger partial charge is 0.497 e. The summed E-state index contributed by atoms with van der Waals surface area (Å²) in [6, 6.07) is 23.2. The number of rotatable bonds is 12. The Morgan fingerprint density at radius 3 is 2.28 bits per heavy atom. The fourth-order valence-corrected chi connectivity index (χ4v) is 8.33. The van der Waals surface area contributed by atoms with Gasteiger partial charge in [-0.25, -0.2) is 4.79 Å². The number of aromatic nitrogens is 1. The zero-order valence-electron chi connectivity index (χ0n) is 32.0. The van der Waals surface area contributed by atoms with E-state index >= 15 is 4.79 Å². The fourth-order valence-electron chi connectivity index (χ4n) is 8.33. The van der Waals surface area contributed by atoms with E-state index in [2.05, 4.69) is 69.1 Å². The number of ether oxygens (including phenoxy) is 4. The first-order chi connectivity index (χ1) is 25.6. The van der Waals surface area contributed by atoms with E-state index in [1.807, 2.05) is 39.0 Å². The lowest BCUT2D eigenvalue weighted by Crippen LogP contribution is -2.51. The van der Waals surface area contributed by atoms with Crippen LogP contribution in [0.15, 0.2) is 72.9 Å². The average molecular weight is 723 g/mol. The van der Waals surface area contributed by atoms with Crippen LogP contribution in [0.3, 0.4) is 0 Å². The van der Waals surface area contributed by atoms with Crippen molar-refractivity contribution in [3.05, 3.63) is 89.6 Å². The van der Waals surface area contributed by atoms with Crippen molar-refractivity contribution in [3.8, 4) is 11.5 Å². The van der Waals surface area contributed by atoms with Gasteiger partial charge in [-0.1, -0.05) is 36.4 Å². The predicted molar refractivity (Wildman–Crippen MR) is 207 cm³/mol. The molecule has 3 aliphatic rings. The van der Waals surface area contributed by atoms with E-state index in [0.29, 0.717) is 39.2 Å². The summed E-state index contributed by atoms with van der Waals surface area (Å²) in [6.45, 7) is 10.1. The van der Waals surface area contributed by atoms with Gasteiger partial charge in [0.25, 0.3) is 0 Å². The van der Waals surface area contributed by atoms with Gasteiger partial charge in [0, 0.05) is 93.1 Å². The molecular formula is C43H54N4O6. The molecule has 53 heavy (non-hydrogen) atoms. The number of nitrogens with zero attached hydrogens (tertiary/aromatic N) is 4. The van der Waals surface area contributed by atoms with E-state index in [4.69, 9.17) is 18.9 Å². The maximum atomic E-state index is 15.2. The normalized spacial score (nSPS) is 20.0. The smallest absolute Gasteiger partial charge is 0.410 e. The summed E-state index contributed by atoms with van der Waals surface area (Å²) < 4.78 is 24.7. The number of amides is 2. The van der Waals surface area contributed by atoms with Crippen LogP contribution in [-0.2, 0) is 20.8 Å². The molecule has 282 valence electrons. The average Bonchev–Trinajstić information content (AvgIpc) is 3.86. The maximum Gasteiger partial charge on any atom is 0.410 e. The lowest BCUT2D eigenvalue weighted by molar-refractivity contribution is -0.138. The molecule has 1 saturated heterocycles. The molecule has 3 heterocycles. The highest BCUT2D eigenvalue weighted by Crippen LogP contribution is 2.43. The summed E-state index contributed by atoms with van der Waals surface area (Å²) in [7, 11) is 5.06. The van der Waals surface area contributed by atoms with Crippen molar-refractivity contribution >= 4 is 28.6 Å². The monoisotopic (exact) mass is 722 g/mol. The van der Waals surface area contributed by atoms with Crippen molar-refractivity contribution in [1.82, 2.24) is 14.4 Å². The predicted octanol–water partition coefficient (Wildman–Crippen LogP) is 7.29. The Morgan fingerprint density at radius 2 is 1.58 bits per heavy atom. The molecule has 1 saturated carbocycles. The number of hydrogen-bond acceptors (Lipinski definition) is 7. The van der Waals surface area contributed by atoms with Gasteiger partial charge in [-0.3, -0.25) is 4.79 Å². The third-order valence-electron chi connectivity index (χ3n) is 11.0. The van der Waals surface area contributed by atoms with Crippen molar-refractivity contribution in [3.63, 3.8) is 0 Å². The topological polar surface area (TPSA) is 85.7 Å². The number of hydrogen-bond donors (Lipinski definition) is 0. The number of para-hydroxylation sites is 2. The number of piperidine rings is 1. The molecule has 2 aliphatic heterocycles. The second kappa shape index (κ2) is 15.3.